The van der Waals surface area contributed by atoms with Crippen LogP contribution in [0.15, 0.2) is 54.6 Å². The zero-order chi connectivity index (χ0) is 27.6. The molecule has 2 atom stereocenters. The predicted octanol–water partition coefficient (Wildman–Crippen LogP) is 2.59. The largest absolute Gasteiger partial charge is 0.468 e. The maximum absolute atomic E-state index is 13.7. The Bertz CT molecular complexity index is 1130. The number of carbonyl (C=O) groups is 4. The van der Waals surface area contributed by atoms with Crippen molar-refractivity contribution in [3.05, 3.63) is 71.3 Å². The third-order valence-electron chi connectivity index (χ3n) is 5.28. The summed E-state index contributed by atoms with van der Waals surface area (Å²) in [7, 11) is 2.66. The summed E-state index contributed by atoms with van der Waals surface area (Å²) in [5.74, 6) is 0.723. The number of esters is 1. The van der Waals surface area contributed by atoms with Gasteiger partial charge in [0.05, 0.1) is 7.11 Å². The van der Waals surface area contributed by atoms with Gasteiger partial charge in [-0.25, -0.2) is 4.79 Å². The lowest BCUT2D eigenvalue weighted by atomic mass is 10.00. The van der Waals surface area contributed by atoms with Crippen LogP contribution in [0.3, 0.4) is 0 Å². The van der Waals surface area contributed by atoms with E-state index in [1.54, 1.807) is 45.0 Å². The van der Waals surface area contributed by atoms with E-state index in [1.165, 1.54) is 19.1 Å². The number of hydrogen-bond acceptors (Lipinski definition) is 6. The second-order valence-electron chi connectivity index (χ2n) is 9.30. The van der Waals surface area contributed by atoms with E-state index in [0.29, 0.717) is 11.1 Å². The van der Waals surface area contributed by atoms with E-state index in [9.17, 15) is 19.2 Å². The third kappa shape index (κ3) is 9.00. The van der Waals surface area contributed by atoms with Gasteiger partial charge in [0.25, 0.3) is 0 Å². The normalized spacial score (nSPS) is 12.3. The highest BCUT2D eigenvalue weighted by atomic mass is 16.6. The SMILES string of the molecule is C#Cc1ccc(C(C(=O)NCC(=O)OC)N(C)C(=O)C(Cc2ccccc2)NC(=O)OC(C)(C)C)cc1. The van der Waals surface area contributed by atoms with Crippen LogP contribution in [-0.2, 0) is 30.3 Å². The molecule has 37 heavy (non-hydrogen) atoms. The summed E-state index contributed by atoms with van der Waals surface area (Å²) in [5.41, 5.74) is 1.09. The van der Waals surface area contributed by atoms with Crippen molar-refractivity contribution in [2.45, 2.75) is 44.9 Å². The van der Waals surface area contributed by atoms with Crippen molar-refractivity contribution in [2.75, 3.05) is 20.7 Å². The van der Waals surface area contributed by atoms with Crippen molar-refractivity contribution in [1.82, 2.24) is 15.5 Å². The highest BCUT2D eigenvalue weighted by Gasteiger charge is 2.34. The van der Waals surface area contributed by atoms with Crippen LogP contribution in [0.1, 0.15) is 43.5 Å². The first-order valence-electron chi connectivity index (χ1n) is 11.7. The fraction of sp³-hybridized carbons (Fsp3) is 0.357. The topological polar surface area (TPSA) is 114 Å². The molecular formula is C28H33N3O6. The number of likely N-dealkylation sites (N-methyl/N-ethyl adjacent to an activating group) is 1. The average Bonchev–Trinajstić information content (AvgIpc) is 2.86. The molecular weight excluding hydrogens is 474 g/mol. The fourth-order valence-electron chi connectivity index (χ4n) is 3.51. The Balaban J connectivity index is 2.39. The van der Waals surface area contributed by atoms with Crippen LogP contribution in [0.4, 0.5) is 4.79 Å². The molecule has 0 aliphatic rings. The molecule has 0 fully saturated rings. The molecule has 2 N–H and O–H groups in total. The predicted molar refractivity (Wildman–Crippen MR) is 138 cm³/mol. The van der Waals surface area contributed by atoms with Gasteiger partial charge in [-0.1, -0.05) is 48.4 Å². The summed E-state index contributed by atoms with van der Waals surface area (Å²) >= 11 is 0. The summed E-state index contributed by atoms with van der Waals surface area (Å²) in [6.07, 6.45) is 4.84. The van der Waals surface area contributed by atoms with E-state index in [0.717, 1.165) is 5.56 Å². The third-order valence-corrected chi connectivity index (χ3v) is 5.28. The van der Waals surface area contributed by atoms with E-state index in [-0.39, 0.29) is 13.0 Å². The molecule has 0 bridgehead atoms. The van der Waals surface area contributed by atoms with Crippen LogP contribution >= 0.6 is 0 Å². The standard InChI is InChI=1S/C28H33N3O6/c1-7-19-13-15-21(16-14-19)24(25(33)29-18-23(32)36-6)31(5)26(34)22(17-20-11-9-8-10-12-20)30-27(35)37-28(2,3)4/h1,8-16,22,24H,17-18H2,2-6H3,(H,29,33)(H,30,35). The Labute approximate surface area is 217 Å². The Morgan fingerprint density at radius 1 is 1.03 bits per heavy atom. The molecule has 9 heteroatoms. The first-order chi connectivity index (χ1) is 17.4. The summed E-state index contributed by atoms with van der Waals surface area (Å²) in [6, 6.07) is 13.5. The number of carbonyl (C=O) groups excluding carboxylic acids is 4. The highest BCUT2D eigenvalue weighted by molar-refractivity contribution is 5.93. The average molecular weight is 508 g/mol. The van der Waals surface area contributed by atoms with Crippen LogP contribution in [-0.4, -0.2) is 61.1 Å². The molecule has 2 aromatic rings. The molecule has 2 unspecified atom stereocenters. The highest BCUT2D eigenvalue weighted by Crippen LogP contribution is 2.22. The summed E-state index contributed by atoms with van der Waals surface area (Å²) < 4.78 is 9.96. The molecule has 9 nitrogen and oxygen atoms in total. The van der Waals surface area contributed by atoms with E-state index in [4.69, 9.17) is 11.2 Å². The summed E-state index contributed by atoms with van der Waals surface area (Å²) in [4.78, 5) is 52.3. The van der Waals surface area contributed by atoms with Crippen LogP contribution < -0.4 is 10.6 Å². The molecule has 0 saturated heterocycles. The molecule has 0 spiro atoms. The monoisotopic (exact) mass is 507 g/mol. The molecule has 0 aliphatic carbocycles. The van der Waals surface area contributed by atoms with Crippen molar-refractivity contribution in [1.29, 1.82) is 0 Å². The molecule has 0 aliphatic heterocycles. The summed E-state index contributed by atoms with van der Waals surface area (Å²) in [6.45, 7) is 4.77. The maximum Gasteiger partial charge on any atom is 0.408 e. The molecule has 2 aromatic carbocycles. The Hall–Kier alpha value is -4.32. The molecule has 3 amide bonds. The number of methoxy groups -OCH3 is 1. The quantitative estimate of drug-likeness (QED) is 0.398. The zero-order valence-corrected chi connectivity index (χ0v) is 21.7. The molecule has 0 heterocycles. The number of nitrogens with zero attached hydrogens (tertiary/aromatic N) is 1. The molecule has 0 aromatic heterocycles. The van der Waals surface area contributed by atoms with Crippen molar-refractivity contribution < 1.29 is 28.7 Å². The fourth-order valence-corrected chi connectivity index (χ4v) is 3.51. The zero-order valence-electron chi connectivity index (χ0n) is 21.7. The Morgan fingerprint density at radius 2 is 1.65 bits per heavy atom. The lowest BCUT2D eigenvalue weighted by Crippen LogP contribution is -2.52. The van der Waals surface area contributed by atoms with Crippen LogP contribution in [0.2, 0.25) is 0 Å². The number of nitrogens with one attached hydrogen (secondary N) is 2. The van der Waals surface area contributed by atoms with Gasteiger partial charge in [0.1, 0.15) is 24.2 Å². The first kappa shape index (κ1) is 28.9. The van der Waals surface area contributed by atoms with Crippen molar-refractivity contribution >= 4 is 23.9 Å². The van der Waals surface area contributed by atoms with E-state index in [2.05, 4.69) is 21.3 Å². The number of benzene rings is 2. The molecule has 196 valence electrons. The minimum atomic E-state index is -1.12. The Kier molecular flexibility index (Phi) is 10.3. The number of amides is 3. The second-order valence-corrected chi connectivity index (χ2v) is 9.30. The van der Waals surface area contributed by atoms with Crippen molar-refractivity contribution in [3.8, 4) is 12.3 Å². The van der Waals surface area contributed by atoms with Crippen LogP contribution in [0, 0.1) is 12.3 Å². The van der Waals surface area contributed by atoms with Gasteiger partial charge in [-0.15, -0.1) is 6.42 Å². The molecule has 0 radical (unpaired) electrons. The molecule has 2 rings (SSSR count). The number of hydrogen-bond donors (Lipinski definition) is 2. The number of rotatable bonds is 9. The van der Waals surface area contributed by atoms with Gasteiger partial charge in [-0.3, -0.25) is 14.4 Å². The van der Waals surface area contributed by atoms with Gasteiger partial charge in [-0.05, 0) is 44.0 Å². The van der Waals surface area contributed by atoms with Gasteiger partial charge in [0.15, 0.2) is 0 Å². The van der Waals surface area contributed by atoms with E-state index < -0.39 is 41.6 Å². The minimum Gasteiger partial charge on any atom is -0.468 e. The second kappa shape index (κ2) is 13.1. The smallest absolute Gasteiger partial charge is 0.408 e. The van der Waals surface area contributed by atoms with Gasteiger partial charge in [0, 0.05) is 19.0 Å². The maximum atomic E-state index is 13.7. The first-order valence-corrected chi connectivity index (χ1v) is 11.7. The van der Waals surface area contributed by atoms with Gasteiger partial charge >= 0.3 is 12.1 Å². The van der Waals surface area contributed by atoms with Gasteiger partial charge in [0.2, 0.25) is 11.8 Å². The van der Waals surface area contributed by atoms with Crippen LogP contribution in [0.25, 0.3) is 0 Å². The number of alkyl carbamates (subject to hydrolysis) is 1. The lowest BCUT2D eigenvalue weighted by molar-refractivity contribution is -0.143. The summed E-state index contributed by atoms with van der Waals surface area (Å²) in [5, 5.41) is 5.14. The van der Waals surface area contributed by atoms with Crippen molar-refractivity contribution in [2.24, 2.45) is 0 Å². The minimum absolute atomic E-state index is 0.162. The van der Waals surface area contributed by atoms with Gasteiger partial charge in [-0.2, -0.15) is 0 Å². The van der Waals surface area contributed by atoms with Gasteiger partial charge < -0.3 is 25.0 Å². The molecule has 0 saturated carbocycles. The lowest BCUT2D eigenvalue weighted by Gasteiger charge is -2.31. The Morgan fingerprint density at radius 3 is 2.19 bits per heavy atom. The van der Waals surface area contributed by atoms with Crippen molar-refractivity contribution in [3.63, 3.8) is 0 Å². The number of ether oxygens (including phenoxy) is 2. The van der Waals surface area contributed by atoms with Crippen LogP contribution in [0.5, 0.6) is 0 Å². The van der Waals surface area contributed by atoms with E-state index >= 15 is 0 Å². The number of terminal acetylenes is 1. The van der Waals surface area contributed by atoms with E-state index in [1.807, 2.05) is 30.3 Å².